The monoisotopic (exact) mass is 456 g/mol. The summed E-state index contributed by atoms with van der Waals surface area (Å²) in [4.78, 5) is 11.7. The molecule has 2 aliphatic heterocycles. The summed E-state index contributed by atoms with van der Waals surface area (Å²) in [6, 6.07) is 11.1. The Morgan fingerprint density at radius 3 is 2.71 bits per heavy atom. The number of hydrogen-bond donors (Lipinski definition) is 3. The quantitative estimate of drug-likeness (QED) is 0.448. The molecule has 2 aromatic rings. The minimum atomic E-state index is -0.952. The van der Waals surface area contributed by atoms with Crippen molar-refractivity contribution in [3.63, 3.8) is 0 Å². The molecule has 0 amide bonds. The Hall–Kier alpha value is -3.73. The number of carboxylic acid groups (broad SMARTS) is 1. The van der Waals surface area contributed by atoms with Gasteiger partial charge in [0.1, 0.15) is 11.5 Å². The number of allylic oxidation sites excluding steroid dienone is 5. The van der Waals surface area contributed by atoms with E-state index in [9.17, 15) is 9.90 Å². The van der Waals surface area contributed by atoms with Crippen molar-refractivity contribution >= 4 is 17.2 Å². The number of aromatic carboxylic acids is 1. The molecule has 176 valence electrons. The molecular formula is C29H32N2O3. The maximum atomic E-state index is 11.7. The van der Waals surface area contributed by atoms with Gasteiger partial charge in [0, 0.05) is 28.9 Å². The summed E-state index contributed by atoms with van der Waals surface area (Å²) >= 11 is 0. The zero-order chi connectivity index (χ0) is 24.4. The van der Waals surface area contributed by atoms with Crippen LogP contribution in [0.15, 0.2) is 77.2 Å². The van der Waals surface area contributed by atoms with Gasteiger partial charge in [-0.1, -0.05) is 31.2 Å². The first-order valence-corrected chi connectivity index (χ1v) is 11.7. The van der Waals surface area contributed by atoms with E-state index < -0.39 is 5.97 Å². The average molecular weight is 457 g/mol. The number of dihydropyridines is 1. The lowest BCUT2D eigenvalue weighted by molar-refractivity contribution is 0.0698. The largest absolute Gasteiger partial charge is 0.478 e. The van der Waals surface area contributed by atoms with Crippen LogP contribution in [0.25, 0.3) is 5.57 Å². The summed E-state index contributed by atoms with van der Waals surface area (Å²) in [6.45, 7) is 11.2. The van der Waals surface area contributed by atoms with Gasteiger partial charge >= 0.3 is 5.97 Å². The molecule has 0 aliphatic carbocycles. The van der Waals surface area contributed by atoms with E-state index in [0.29, 0.717) is 12.2 Å². The fourth-order valence-corrected chi connectivity index (χ4v) is 4.66. The van der Waals surface area contributed by atoms with Gasteiger partial charge in [-0.2, -0.15) is 0 Å². The van der Waals surface area contributed by atoms with Gasteiger partial charge in [-0.05, 0) is 86.9 Å². The summed E-state index contributed by atoms with van der Waals surface area (Å²) in [5.41, 5.74) is 8.64. The van der Waals surface area contributed by atoms with Crippen LogP contribution in [0.1, 0.15) is 67.2 Å². The van der Waals surface area contributed by atoms with Crippen LogP contribution in [0.2, 0.25) is 0 Å². The number of carbonyl (C=O) groups is 1. The molecule has 2 aliphatic rings. The van der Waals surface area contributed by atoms with Crippen LogP contribution in [0.3, 0.4) is 0 Å². The normalized spacial score (nSPS) is 17.3. The number of fused-ring (bicyclic) bond motifs is 1. The van der Waals surface area contributed by atoms with E-state index in [0.717, 1.165) is 51.3 Å². The zero-order valence-electron chi connectivity index (χ0n) is 20.5. The van der Waals surface area contributed by atoms with Gasteiger partial charge in [-0.3, -0.25) is 0 Å². The van der Waals surface area contributed by atoms with Crippen molar-refractivity contribution in [3.05, 3.63) is 99.5 Å². The first kappa shape index (κ1) is 23.4. The highest BCUT2D eigenvalue weighted by Gasteiger charge is 2.29. The van der Waals surface area contributed by atoms with Gasteiger partial charge in [0.15, 0.2) is 0 Å². The lowest BCUT2D eigenvalue weighted by Gasteiger charge is -2.31. The Morgan fingerprint density at radius 1 is 1.24 bits per heavy atom. The van der Waals surface area contributed by atoms with E-state index in [2.05, 4.69) is 62.6 Å². The molecule has 2 aromatic carbocycles. The molecule has 2 heterocycles. The predicted octanol–water partition coefficient (Wildman–Crippen LogP) is 6.76. The minimum Gasteiger partial charge on any atom is -0.478 e. The highest BCUT2D eigenvalue weighted by molar-refractivity contribution is 5.94. The molecule has 34 heavy (non-hydrogen) atoms. The molecule has 0 radical (unpaired) electrons. The second-order valence-corrected chi connectivity index (χ2v) is 8.97. The lowest BCUT2D eigenvalue weighted by atomic mass is 9.87. The van der Waals surface area contributed by atoms with Crippen molar-refractivity contribution in [2.24, 2.45) is 0 Å². The molecule has 0 aromatic heterocycles. The number of carboxylic acids is 1. The molecule has 0 bridgehead atoms. The van der Waals surface area contributed by atoms with Crippen LogP contribution < -0.4 is 15.4 Å². The smallest absolute Gasteiger partial charge is 0.337 e. The summed E-state index contributed by atoms with van der Waals surface area (Å²) in [5, 5.41) is 16.4. The molecule has 3 N–H and O–H groups in total. The molecule has 1 unspecified atom stereocenters. The Balaban J connectivity index is 1.81. The van der Waals surface area contributed by atoms with Crippen molar-refractivity contribution in [2.75, 3.05) is 11.9 Å². The number of ether oxygens (including phenoxy) is 1. The summed E-state index contributed by atoms with van der Waals surface area (Å²) in [7, 11) is 0. The zero-order valence-corrected chi connectivity index (χ0v) is 20.5. The van der Waals surface area contributed by atoms with E-state index in [-0.39, 0.29) is 11.6 Å². The molecule has 5 heteroatoms. The number of anilines is 1. The maximum Gasteiger partial charge on any atom is 0.337 e. The number of para-hydroxylation sites is 1. The van der Waals surface area contributed by atoms with E-state index in [1.807, 2.05) is 19.2 Å². The predicted molar refractivity (Wildman–Crippen MR) is 138 cm³/mol. The Kier molecular flexibility index (Phi) is 6.64. The van der Waals surface area contributed by atoms with E-state index in [4.69, 9.17) is 4.74 Å². The SMILES string of the molecule is CCC=C1C(C)=C(C2=CC(C)=CNC2)Oc2c1cc(C)cc2C(C)Nc1ccccc1C(=O)O. The van der Waals surface area contributed by atoms with Gasteiger partial charge in [0.2, 0.25) is 0 Å². The van der Waals surface area contributed by atoms with Crippen molar-refractivity contribution in [1.29, 1.82) is 0 Å². The van der Waals surface area contributed by atoms with Crippen LogP contribution in [0.4, 0.5) is 5.69 Å². The molecule has 0 spiro atoms. The fraction of sp³-hybridized carbons (Fsp3) is 0.276. The number of rotatable bonds is 6. The second kappa shape index (κ2) is 9.64. The van der Waals surface area contributed by atoms with Crippen LogP contribution in [0, 0.1) is 6.92 Å². The Bertz CT molecular complexity index is 1260. The van der Waals surface area contributed by atoms with Gasteiger partial charge in [-0.25, -0.2) is 4.79 Å². The fourth-order valence-electron chi connectivity index (χ4n) is 4.66. The van der Waals surface area contributed by atoms with Gasteiger partial charge in [0.25, 0.3) is 0 Å². The molecule has 0 fully saturated rings. The minimum absolute atomic E-state index is 0.170. The van der Waals surface area contributed by atoms with Crippen LogP contribution in [-0.4, -0.2) is 17.6 Å². The number of aryl methyl sites for hydroxylation is 1. The summed E-state index contributed by atoms with van der Waals surface area (Å²) < 4.78 is 6.68. The lowest BCUT2D eigenvalue weighted by Crippen LogP contribution is -2.22. The standard InChI is InChI=1S/C29H32N2O3/c1-6-9-22-19(4)27(21-12-18(3)15-30-16-21)34-28-24(13-17(2)14-25(22)28)20(5)31-26-11-8-7-10-23(26)29(32)33/h7-15,20,30-31H,6,16H2,1-5H3,(H,32,33). The van der Waals surface area contributed by atoms with E-state index in [1.54, 1.807) is 18.2 Å². The van der Waals surface area contributed by atoms with Crippen molar-refractivity contribution in [1.82, 2.24) is 5.32 Å². The summed E-state index contributed by atoms with van der Waals surface area (Å²) in [5.74, 6) is 0.759. The molecule has 5 nitrogen and oxygen atoms in total. The third-order valence-corrected chi connectivity index (χ3v) is 6.22. The van der Waals surface area contributed by atoms with Gasteiger partial charge in [0.05, 0.1) is 11.6 Å². The highest BCUT2D eigenvalue weighted by Crippen LogP contribution is 2.45. The first-order chi connectivity index (χ1) is 16.3. The van der Waals surface area contributed by atoms with Crippen LogP contribution in [-0.2, 0) is 0 Å². The number of hydrogen-bond acceptors (Lipinski definition) is 4. The average Bonchev–Trinajstić information content (AvgIpc) is 2.80. The van der Waals surface area contributed by atoms with Crippen molar-refractivity contribution in [3.8, 4) is 5.75 Å². The van der Waals surface area contributed by atoms with Crippen LogP contribution in [0.5, 0.6) is 5.75 Å². The van der Waals surface area contributed by atoms with Gasteiger partial charge < -0.3 is 20.5 Å². The van der Waals surface area contributed by atoms with Crippen molar-refractivity contribution in [2.45, 2.75) is 47.1 Å². The molecular weight excluding hydrogens is 424 g/mol. The van der Waals surface area contributed by atoms with Crippen LogP contribution >= 0.6 is 0 Å². The molecule has 1 atom stereocenters. The summed E-state index contributed by atoms with van der Waals surface area (Å²) in [6.07, 6.45) is 7.36. The molecule has 0 saturated heterocycles. The Morgan fingerprint density at radius 2 is 2.00 bits per heavy atom. The number of nitrogens with one attached hydrogen (secondary N) is 2. The third kappa shape index (κ3) is 4.51. The van der Waals surface area contributed by atoms with Crippen molar-refractivity contribution < 1.29 is 14.6 Å². The second-order valence-electron chi connectivity index (χ2n) is 8.97. The Labute approximate surface area is 201 Å². The first-order valence-electron chi connectivity index (χ1n) is 11.7. The maximum absolute atomic E-state index is 11.7. The van der Waals surface area contributed by atoms with E-state index in [1.165, 1.54) is 5.57 Å². The van der Waals surface area contributed by atoms with Gasteiger partial charge in [-0.15, -0.1) is 0 Å². The number of benzene rings is 2. The molecule has 0 saturated carbocycles. The highest BCUT2D eigenvalue weighted by atomic mass is 16.5. The third-order valence-electron chi connectivity index (χ3n) is 6.22. The van der Waals surface area contributed by atoms with E-state index >= 15 is 0 Å². The topological polar surface area (TPSA) is 70.6 Å². The molecule has 4 rings (SSSR count).